The zero-order chi connectivity index (χ0) is 15.4. The highest BCUT2D eigenvalue weighted by atomic mass is 32.1. The van der Waals surface area contributed by atoms with Crippen LogP contribution in [0, 0.1) is 5.92 Å². The van der Waals surface area contributed by atoms with E-state index in [9.17, 15) is 4.79 Å². The van der Waals surface area contributed by atoms with Gasteiger partial charge in [-0.15, -0.1) is 11.3 Å². The lowest BCUT2D eigenvalue weighted by molar-refractivity contribution is -0.125. The molecule has 2 nitrogen and oxygen atoms in total. The van der Waals surface area contributed by atoms with E-state index in [-0.39, 0.29) is 11.8 Å². The maximum absolute atomic E-state index is 12.2. The molecule has 0 saturated heterocycles. The molecule has 1 aromatic carbocycles. The van der Waals surface area contributed by atoms with Crippen molar-refractivity contribution in [3.63, 3.8) is 0 Å². The Morgan fingerprint density at radius 1 is 1.32 bits per heavy atom. The van der Waals surface area contributed by atoms with Crippen LogP contribution in [0.25, 0.3) is 16.2 Å². The van der Waals surface area contributed by atoms with Crippen LogP contribution in [-0.4, -0.2) is 12.5 Å². The summed E-state index contributed by atoms with van der Waals surface area (Å²) in [4.78, 5) is 12.2. The Labute approximate surface area is 136 Å². The average Bonchev–Trinajstić information content (AvgIpc) is 2.98. The van der Waals surface area contributed by atoms with Crippen LogP contribution in [0.4, 0.5) is 0 Å². The summed E-state index contributed by atoms with van der Waals surface area (Å²) in [5.74, 6) is 0.506. The second-order valence-electron chi connectivity index (χ2n) is 6.10. The molecule has 2 aromatic rings. The summed E-state index contributed by atoms with van der Waals surface area (Å²) in [6.07, 6.45) is 8.61. The Hall–Kier alpha value is -1.61. The largest absolute Gasteiger partial charge is 0.356 e. The first-order valence-corrected chi connectivity index (χ1v) is 9.06. The smallest absolute Gasteiger partial charge is 0.223 e. The highest BCUT2D eigenvalue weighted by Crippen LogP contribution is 2.28. The van der Waals surface area contributed by atoms with Crippen LogP contribution < -0.4 is 5.32 Å². The number of nitrogens with one attached hydrogen (secondary N) is 1. The molecule has 0 aliphatic heterocycles. The molecule has 1 heterocycles. The van der Waals surface area contributed by atoms with Crippen LogP contribution in [0.5, 0.6) is 0 Å². The van der Waals surface area contributed by atoms with Crippen LogP contribution in [0.3, 0.4) is 0 Å². The average molecular weight is 313 g/mol. The molecule has 1 aromatic heterocycles. The molecule has 1 aliphatic rings. The van der Waals surface area contributed by atoms with Gasteiger partial charge in [0.05, 0.1) is 0 Å². The molecular formula is C19H23NOS. The van der Waals surface area contributed by atoms with E-state index < -0.39 is 0 Å². The molecule has 0 bridgehead atoms. The number of amides is 1. The van der Waals surface area contributed by atoms with Crippen molar-refractivity contribution >= 4 is 33.4 Å². The van der Waals surface area contributed by atoms with Crippen LogP contribution in [0.1, 0.15) is 43.2 Å². The summed E-state index contributed by atoms with van der Waals surface area (Å²) in [6.45, 7) is 4.57. The minimum Gasteiger partial charge on any atom is -0.356 e. The maximum atomic E-state index is 12.2. The zero-order valence-corrected chi connectivity index (χ0v) is 13.8. The highest BCUT2D eigenvalue weighted by Gasteiger charge is 2.20. The normalized spacial score (nSPS) is 15.8. The first-order valence-electron chi connectivity index (χ1n) is 8.18. The Balaban J connectivity index is 1.59. The van der Waals surface area contributed by atoms with Crippen molar-refractivity contribution in [2.75, 3.05) is 6.54 Å². The second kappa shape index (κ2) is 7.10. The molecule has 0 unspecified atom stereocenters. The number of fused-ring (bicyclic) bond motifs is 1. The van der Waals surface area contributed by atoms with Crippen molar-refractivity contribution in [3.05, 3.63) is 41.3 Å². The Bertz CT molecular complexity index is 667. The van der Waals surface area contributed by atoms with Gasteiger partial charge in [-0.25, -0.2) is 0 Å². The SMILES string of the molecule is C=Cc1ccc2scc(CCNC(=O)C3CCCCC3)c2c1. The number of carbonyl (C=O) groups is 1. The van der Waals surface area contributed by atoms with Crippen molar-refractivity contribution in [1.29, 1.82) is 0 Å². The summed E-state index contributed by atoms with van der Waals surface area (Å²) in [7, 11) is 0. The highest BCUT2D eigenvalue weighted by molar-refractivity contribution is 7.17. The number of carbonyl (C=O) groups excluding carboxylic acids is 1. The lowest BCUT2D eigenvalue weighted by atomic mass is 9.88. The summed E-state index contributed by atoms with van der Waals surface area (Å²) >= 11 is 1.77. The van der Waals surface area contributed by atoms with E-state index in [4.69, 9.17) is 0 Å². The fraction of sp³-hybridized carbons (Fsp3) is 0.421. The van der Waals surface area contributed by atoms with Gasteiger partial charge in [0.2, 0.25) is 5.91 Å². The predicted octanol–water partition coefficient (Wildman–Crippen LogP) is 4.78. The molecule has 116 valence electrons. The van der Waals surface area contributed by atoms with E-state index in [1.807, 2.05) is 6.08 Å². The van der Waals surface area contributed by atoms with Gasteiger partial charge in [0.1, 0.15) is 0 Å². The van der Waals surface area contributed by atoms with Crippen molar-refractivity contribution < 1.29 is 4.79 Å². The van der Waals surface area contributed by atoms with Gasteiger partial charge in [-0.2, -0.15) is 0 Å². The molecule has 0 atom stereocenters. The van der Waals surface area contributed by atoms with Crippen LogP contribution in [0.2, 0.25) is 0 Å². The van der Waals surface area contributed by atoms with Crippen molar-refractivity contribution in [1.82, 2.24) is 5.32 Å². The number of hydrogen-bond donors (Lipinski definition) is 1. The fourth-order valence-corrected chi connectivity index (χ4v) is 4.23. The van der Waals surface area contributed by atoms with Crippen LogP contribution >= 0.6 is 11.3 Å². The number of rotatable bonds is 5. The van der Waals surface area contributed by atoms with E-state index in [1.54, 1.807) is 11.3 Å². The van der Waals surface area contributed by atoms with Gasteiger partial charge in [-0.1, -0.05) is 38.0 Å². The Morgan fingerprint density at radius 2 is 2.14 bits per heavy atom. The summed E-state index contributed by atoms with van der Waals surface area (Å²) < 4.78 is 1.30. The van der Waals surface area contributed by atoms with Crippen LogP contribution in [0.15, 0.2) is 30.2 Å². The van der Waals surface area contributed by atoms with Gasteiger partial charge in [0, 0.05) is 17.2 Å². The van der Waals surface area contributed by atoms with E-state index in [2.05, 4.69) is 35.5 Å². The van der Waals surface area contributed by atoms with E-state index >= 15 is 0 Å². The van der Waals surface area contributed by atoms with E-state index in [0.717, 1.165) is 31.4 Å². The zero-order valence-electron chi connectivity index (χ0n) is 12.9. The van der Waals surface area contributed by atoms with Crippen molar-refractivity contribution in [3.8, 4) is 0 Å². The van der Waals surface area contributed by atoms with Crippen molar-refractivity contribution in [2.45, 2.75) is 38.5 Å². The standard InChI is InChI=1S/C19H23NOS/c1-2-14-8-9-18-17(12-14)16(13-22-18)10-11-20-19(21)15-6-4-3-5-7-15/h2,8-9,12-13,15H,1,3-7,10-11H2,(H,20,21). The molecule has 1 aliphatic carbocycles. The van der Waals surface area contributed by atoms with Gasteiger partial charge < -0.3 is 5.32 Å². The van der Waals surface area contributed by atoms with Gasteiger partial charge in [0.25, 0.3) is 0 Å². The molecule has 3 heteroatoms. The minimum atomic E-state index is 0.250. The number of hydrogen-bond acceptors (Lipinski definition) is 2. The molecule has 1 saturated carbocycles. The first kappa shape index (κ1) is 15.3. The molecule has 1 fully saturated rings. The minimum absolute atomic E-state index is 0.250. The first-order chi connectivity index (χ1) is 10.8. The Morgan fingerprint density at radius 3 is 2.91 bits per heavy atom. The lowest BCUT2D eigenvalue weighted by Crippen LogP contribution is -2.33. The van der Waals surface area contributed by atoms with E-state index in [1.165, 1.54) is 34.9 Å². The summed E-state index contributed by atoms with van der Waals surface area (Å²) in [5, 5.41) is 6.64. The predicted molar refractivity (Wildman–Crippen MR) is 95.2 cm³/mol. The monoisotopic (exact) mass is 313 g/mol. The number of benzene rings is 1. The summed E-state index contributed by atoms with van der Waals surface area (Å²) in [5.41, 5.74) is 2.48. The van der Waals surface area contributed by atoms with Gasteiger partial charge >= 0.3 is 0 Å². The van der Waals surface area contributed by atoms with Gasteiger partial charge in [-0.3, -0.25) is 4.79 Å². The molecule has 1 N–H and O–H groups in total. The van der Waals surface area contributed by atoms with Crippen molar-refractivity contribution in [2.24, 2.45) is 5.92 Å². The second-order valence-corrected chi connectivity index (χ2v) is 7.01. The number of thiophene rings is 1. The quantitative estimate of drug-likeness (QED) is 0.845. The van der Waals surface area contributed by atoms with Gasteiger partial charge in [0.15, 0.2) is 0 Å². The topological polar surface area (TPSA) is 29.1 Å². The third-order valence-corrected chi connectivity index (χ3v) is 5.60. The molecule has 3 rings (SSSR count). The molecule has 0 radical (unpaired) electrons. The molecule has 1 amide bonds. The molecular weight excluding hydrogens is 290 g/mol. The maximum Gasteiger partial charge on any atom is 0.223 e. The van der Waals surface area contributed by atoms with Gasteiger partial charge in [-0.05, 0) is 53.3 Å². The molecule has 0 spiro atoms. The Kier molecular flexibility index (Phi) is 4.94. The third kappa shape index (κ3) is 3.41. The molecule has 22 heavy (non-hydrogen) atoms. The van der Waals surface area contributed by atoms with E-state index in [0.29, 0.717) is 0 Å². The summed E-state index contributed by atoms with van der Waals surface area (Å²) in [6, 6.07) is 6.44. The third-order valence-electron chi connectivity index (χ3n) is 4.58. The van der Waals surface area contributed by atoms with Crippen LogP contribution in [-0.2, 0) is 11.2 Å². The fourth-order valence-electron chi connectivity index (χ4n) is 3.25. The lowest BCUT2D eigenvalue weighted by Gasteiger charge is -2.20.